The molecule has 11 aromatic rings. The summed E-state index contributed by atoms with van der Waals surface area (Å²) in [6, 6.07) is 47.3. The number of nitrogens with zero attached hydrogens (tertiary/aromatic N) is 10. The van der Waals surface area contributed by atoms with Crippen molar-refractivity contribution < 1.29 is 0 Å². The SMILES string of the molecule is [C-]#[N+]c1cc(C#N)cc(/C(c2cc(C#N)cc(C#N)c2)=c2\n3c4nccnc4c4cccc(c5ccc(-c6ccccc6)c6c7nc(-c8ccccc8)cnc7n2c56)c43)c1. The molecule has 0 saturated carbocycles. The molecule has 0 amide bonds. The van der Waals surface area contributed by atoms with Gasteiger partial charge in [-0.25, -0.2) is 19.8 Å². The van der Waals surface area contributed by atoms with E-state index in [1.807, 2.05) is 60.7 Å². The second-order valence-electron chi connectivity index (χ2n) is 14.4. The lowest BCUT2D eigenvalue weighted by molar-refractivity contribution is 0.997. The van der Waals surface area contributed by atoms with Gasteiger partial charge in [0.2, 0.25) is 0 Å². The smallest absolute Gasteiger partial charge is 0.189 e. The third-order valence-electron chi connectivity index (χ3n) is 11.0. The molecule has 274 valence electrons. The van der Waals surface area contributed by atoms with Crippen LogP contribution in [0.5, 0.6) is 0 Å². The second-order valence-corrected chi connectivity index (χ2v) is 14.4. The first-order chi connectivity index (χ1) is 29.6. The van der Waals surface area contributed by atoms with E-state index in [2.05, 4.69) is 62.2 Å². The Labute approximate surface area is 340 Å². The van der Waals surface area contributed by atoms with Gasteiger partial charge in [0.15, 0.2) is 17.0 Å². The summed E-state index contributed by atoms with van der Waals surface area (Å²) in [7, 11) is 0. The van der Waals surface area contributed by atoms with E-state index in [1.165, 1.54) is 0 Å². The summed E-state index contributed by atoms with van der Waals surface area (Å²) in [5.74, 6) is 0. The van der Waals surface area contributed by atoms with Gasteiger partial charge in [-0.05, 0) is 58.7 Å². The molecule has 0 radical (unpaired) electrons. The maximum Gasteiger partial charge on any atom is 0.189 e. The van der Waals surface area contributed by atoms with Crippen molar-refractivity contribution >= 4 is 66.2 Å². The van der Waals surface area contributed by atoms with Gasteiger partial charge in [0.1, 0.15) is 16.5 Å². The van der Waals surface area contributed by atoms with Crippen LogP contribution < -0.4 is 5.48 Å². The predicted molar refractivity (Wildman–Crippen MR) is 231 cm³/mol. The van der Waals surface area contributed by atoms with Gasteiger partial charge in [-0.15, -0.1) is 0 Å². The Hall–Kier alpha value is -9.22. The molecule has 0 unspecified atom stereocenters. The number of benzene rings is 6. The number of fused-ring (bicyclic) bond motifs is 7. The van der Waals surface area contributed by atoms with E-state index in [9.17, 15) is 15.8 Å². The summed E-state index contributed by atoms with van der Waals surface area (Å²) in [5.41, 5.74) is 10.7. The van der Waals surface area contributed by atoms with Crippen molar-refractivity contribution in [3.8, 4) is 40.6 Å². The van der Waals surface area contributed by atoms with Crippen LogP contribution >= 0.6 is 0 Å². The Morgan fingerprint density at radius 1 is 0.567 bits per heavy atom. The van der Waals surface area contributed by atoms with Crippen molar-refractivity contribution in [2.45, 2.75) is 0 Å². The number of hydrogen-bond acceptors (Lipinski definition) is 7. The van der Waals surface area contributed by atoms with Gasteiger partial charge in [0, 0.05) is 50.6 Å². The van der Waals surface area contributed by atoms with Crippen molar-refractivity contribution in [2.24, 2.45) is 0 Å². The molecule has 10 nitrogen and oxygen atoms in total. The molecule has 5 aromatic heterocycles. The average molecular weight is 765 g/mol. The topological polar surface area (TPSA) is 136 Å². The van der Waals surface area contributed by atoms with Crippen LogP contribution in [0.1, 0.15) is 27.8 Å². The zero-order chi connectivity index (χ0) is 40.5. The summed E-state index contributed by atoms with van der Waals surface area (Å²) in [5, 5.41) is 34.5. The van der Waals surface area contributed by atoms with Crippen LogP contribution in [-0.2, 0) is 0 Å². The van der Waals surface area contributed by atoms with Gasteiger partial charge in [-0.3, -0.25) is 13.8 Å². The summed E-state index contributed by atoms with van der Waals surface area (Å²) < 4.78 is 4.16. The first kappa shape index (κ1) is 34.1. The normalized spacial score (nSPS) is 11.9. The van der Waals surface area contributed by atoms with E-state index in [0.29, 0.717) is 50.2 Å². The number of rotatable bonds is 4. The minimum atomic E-state index is 0.247. The van der Waals surface area contributed by atoms with Crippen molar-refractivity contribution in [1.82, 2.24) is 28.7 Å². The lowest BCUT2D eigenvalue weighted by atomic mass is 9.93. The molecule has 6 aromatic carbocycles. The molecule has 10 heteroatoms. The molecule has 0 aliphatic carbocycles. The van der Waals surface area contributed by atoms with Crippen LogP contribution in [0, 0.1) is 40.6 Å². The zero-order valence-electron chi connectivity index (χ0n) is 31.3. The molecule has 0 aliphatic rings. The van der Waals surface area contributed by atoms with Crippen LogP contribution in [0.15, 0.2) is 146 Å². The van der Waals surface area contributed by atoms with Crippen molar-refractivity contribution in [3.05, 3.63) is 191 Å². The van der Waals surface area contributed by atoms with Crippen LogP contribution in [-0.4, -0.2) is 28.7 Å². The van der Waals surface area contributed by atoms with Crippen LogP contribution in [0.2, 0.25) is 0 Å². The summed E-state index contributed by atoms with van der Waals surface area (Å²) in [4.78, 5) is 24.3. The Morgan fingerprint density at radius 3 is 1.90 bits per heavy atom. The predicted octanol–water partition coefficient (Wildman–Crippen LogP) is 9.85. The highest BCUT2D eigenvalue weighted by Crippen LogP contribution is 2.42. The Morgan fingerprint density at radius 2 is 1.18 bits per heavy atom. The quantitative estimate of drug-likeness (QED) is 0.163. The maximum atomic E-state index is 10.3. The monoisotopic (exact) mass is 764 g/mol. The second kappa shape index (κ2) is 13.2. The Kier molecular flexibility index (Phi) is 7.49. The van der Waals surface area contributed by atoms with Gasteiger partial charge in [-0.1, -0.05) is 91.0 Å². The molecular formula is C50H24N10. The number of nitriles is 3. The van der Waals surface area contributed by atoms with Gasteiger partial charge < -0.3 is 0 Å². The van der Waals surface area contributed by atoms with Crippen LogP contribution in [0.3, 0.4) is 0 Å². The van der Waals surface area contributed by atoms with Gasteiger partial charge in [0.25, 0.3) is 0 Å². The average Bonchev–Trinajstić information content (AvgIpc) is 3.79. The molecule has 0 saturated heterocycles. The van der Waals surface area contributed by atoms with Gasteiger partial charge in [0.05, 0.1) is 58.8 Å². The molecule has 0 bridgehead atoms. The van der Waals surface area contributed by atoms with Gasteiger partial charge in [-0.2, -0.15) is 15.8 Å². The Bertz CT molecular complexity index is 3730. The highest BCUT2D eigenvalue weighted by Gasteiger charge is 2.26. The minimum absolute atomic E-state index is 0.247. The molecule has 5 heterocycles. The molecule has 0 N–H and O–H groups in total. The van der Waals surface area contributed by atoms with Crippen molar-refractivity contribution in [2.75, 3.05) is 0 Å². The molecule has 60 heavy (non-hydrogen) atoms. The highest BCUT2D eigenvalue weighted by molar-refractivity contribution is 6.25. The lowest BCUT2D eigenvalue weighted by Gasteiger charge is -2.13. The number of para-hydroxylation sites is 1. The summed E-state index contributed by atoms with van der Waals surface area (Å²) >= 11 is 0. The standard InChI is InChI=1S/C50H24N10/c1-54-36-23-31(27-53)22-35(24-36)42(34-20-29(25-51)19-30(21-34)26-52)50-59-46-38(13-8-14-40(46)44-48(59)56-18-17-55-44)39-16-15-37(32-9-4-2-5-10-32)43-45-49(60(50)47(39)43)57-28-41(58-45)33-11-6-3-7-12-33/h2-24,28H/b50-42+. The van der Waals surface area contributed by atoms with E-state index < -0.39 is 0 Å². The molecule has 0 spiro atoms. The third-order valence-corrected chi connectivity index (χ3v) is 11.0. The van der Waals surface area contributed by atoms with Crippen molar-refractivity contribution in [3.63, 3.8) is 0 Å². The molecule has 0 aliphatic heterocycles. The van der Waals surface area contributed by atoms with Crippen LogP contribution in [0.25, 0.3) is 87.7 Å². The van der Waals surface area contributed by atoms with E-state index in [1.54, 1.807) is 55.0 Å². The lowest BCUT2D eigenvalue weighted by Crippen LogP contribution is -2.25. The first-order valence-electron chi connectivity index (χ1n) is 18.9. The molecular weight excluding hydrogens is 741 g/mol. The fourth-order valence-corrected chi connectivity index (χ4v) is 8.64. The van der Waals surface area contributed by atoms with Gasteiger partial charge >= 0.3 is 0 Å². The van der Waals surface area contributed by atoms with Crippen molar-refractivity contribution in [1.29, 1.82) is 15.8 Å². The first-order valence-corrected chi connectivity index (χ1v) is 18.9. The molecule has 0 fully saturated rings. The highest BCUT2D eigenvalue weighted by atomic mass is 15.1. The summed E-state index contributed by atoms with van der Waals surface area (Å²) in [6.07, 6.45) is 5.10. The Balaban J connectivity index is 1.54. The van der Waals surface area contributed by atoms with E-state index in [0.717, 1.165) is 49.3 Å². The molecule has 11 rings (SSSR count). The number of hydrogen-bond donors (Lipinski definition) is 0. The zero-order valence-corrected chi connectivity index (χ0v) is 31.3. The third kappa shape index (κ3) is 4.96. The van der Waals surface area contributed by atoms with E-state index in [-0.39, 0.29) is 22.4 Å². The van der Waals surface area contributed by atoms with E-state index >= 15 is 0 Å². The minimum Gasteiger partial charge on any atom is -0.276 e. The fourth-order valence-electron chi connectivity index (χ4n) is 8.64. The maximum absolute atomic E-state index is 10.3. The van der Waals surface area contributed by atoms with E-state index in [4.69, 9.17) is 26.5 Å². The summed E-state index contributed by atoms with van der Waals surface area (Å²) in [6.45, 7) is 8.07. The molecule has 0 atom stereocenters. The largest absolute Gasteiger partial charge is 0.276 e. The number of aromatic nitrogens is 6. The van der Waals surface area contributed by atoms with Crippen LogP contribution in [0.4, 0.5) is 5.69 Å². The fraction of sp³-hybridized carbons (Fsp3) is 0.